The zero-order chi connectivity index (χ0) is 15.1. The summed E-state index contributed by atoms with van der Waals surface area (Å²) in [5.41, 5.74) is 6.55. The highest BCUT2D eigenvalue weighted by molar-refractivity contribution is 5.27. The molecule has 112 valence electrons. The van der Waals surface area contributed by atoms with Gasteiger partial charge in [0.2, 0.25) is 0 Å². The van der Waals surface area contributed by atoms with Gasteiger partial charge in [-0.1, -0.05) is 12.1 Å². The van der Waals surface area contributed by atoms with E-state index in [-0.39, 0.29) is 5.75 Å². The molecule has 2 aromatic carbocycles. The van der Waals surface area contributed by atoms with Crippen LogP contribution in [0, 0.1) is 11.6 Å². The highest BCUT2D eigenvalue weighted by Crippen LogP contribution is 2.16. The van der Waals surface area contributed by atoms with Gasteiger partial charge in [0, 0.05) is 31.2 Å². The van der Waals surface area contributed by atoms with Gasteiger partial charge in [0.15, 0.2) is 0 Å². The van der Waals surface area contributed by atoms with Crippen LogP contribution < -0.4 is 15.2 Å². The van der Waals surface area contributed by atoms with Crippen molar-refractivity contribution in [2.45, 2.75) is 13.0 Å². The number of rotatable bonds is 7. The van der Waals surface area contributed by atoms with Gasteiger partial charge in [0.05, 0.1) is 13.2 Å². The van der Waals surface area contributed by atoms with Crippen molar-refractivity contribution in [1.82, 2.24) is 0 Å². The molecule has 0 aliphatic heterocycles. The van der Waals surface area contributed by atoms with Gasteiger partial charge in [-0.05, 0) is 17.7 Å². The molecule has 2 rings (SSSR count). The number of hydrogen-bond donors (Lipinski definition) is 1. The zero-order valence-corrected chi connectivity index (χ0v) is 11.5. The molecular weight excluding hydrogens is 276 g/mol. The van der Waals surface area contributed by atoms with Gasteiger partial charge in [0.1, 0.15) is 23.1 Å². The molecule has 2 aromatic rings. The standard InChI is InChI=1S/C16H17F2NO2/c17-13-8-14(18)10-16(9-13)21-7-1-6-20-15-4-2-12(11-19)3-5-15/h2-5,8-10H,1,6-7,11,19H2. The second-order valence-corrected chi connectivity index (χ2v) is 4.50. The third-order valence-electron chi connectivity index (χ3n) is 2.82. The normalized spacial score (nSPS) is 10.4. The summed E-state index contributed by atoms with van der Waals surface area (Å²) in [5.74, 6) is -0.369. The Morgan fingerprint density at radius 1 is 0.810 bits per heavy atom. The van der Waals surface area contributed by atoms with Gasteiger partial charge in [-0.3, -0.25) is 0 Å². The average molecular weight is 293 g/mol. The quantitative estimate of drug-likeness (QED) is 0.797. The van der Waals surface area contributed by atoms with Crippen molar-refractivity contribution >= 4 is 0 Å². The van der Waals surface area contributed by atoms with E-state index in [2.05, 4.69) is 0 Å². The maximum absolute atomic E-state index is 12.9. The maximum atomic E-state index is 12.9. The Morgan fingerprint density at radius 3 is 1.95 bits per heavy atom. The summed E-state index contributed by atoms with van der Waals surface area (Å²) >= 11 is 0. The van der Waals surface area contributed by atoms with Gasteiger partial charge in [-0.25, -0.2) is 8.78 Å². The van der Waals surface area contributed by atoms with Crippen molar-refractivity contribution in [2.24, 2.45) is 5.73 Å². The lowest BCUT2D eigenvalue weighted by molar-refractivity contribution is 0.246. The third-order valence-corrected chi connectivity index (χ3v) is 2.82. The molecule has 0 saturated carbocycles. The second kappa shape index (κ2) is 7.59. The van der Waals surface area contributed by atoms with E-state index in [1.165, 1.54) is 0 Å². The van der Waals surface area contributed by atoms with Crippen molar-refractivity contribution in [3.8, 4) is 11.5 Å². The lowest BCUT2D eigenvalue weighted by atomic mass is 10.2. The van der Waals surface area contributed by atoms with Crippen molar-refractivity contribution in [3.63, 3.8) is 0 Å². The first-order valence-electron chi connectivity index (χ1n) is 6.68. The van der Waals surface area contributed by atoms with Crippen molar-refractivity contribution < 1.29 is 18.3 Å². The summed E-state index contributed by atoms with van der Waals surface area (Å²) in [4.78, 5) is 0. The first-order valence-corrected chi connectivity index (χ1v) is 6.68. The number of nitrogens with two attached hydrogens (primary N) is 1. The molecule has 0 unspecified atom stereocenters. The van der Waals surface area contributed by atoms with Crippen LogP contribution in [0.1, 0.15) is 12.0 Å². The van der Waals surface area contributed by atoms with Gasteiger partial charge in [-0.15, -0.1) is 0 Å². The van der Waals surface area contributed by atoms with Gasteiger partial charge < -0.3 is 15.2 Å². The first-order chi connectivity index (χ1) is 10.2. The molecule has 0 aliphatic carbocycles. The Hall–Kier alpha value is -2.14. The Balaban J connectivity index is 1.69. The number of benzene rings is 2. The molecule has 0 amide bonds. The molecule has 0 aromatic heterocycles. The van der Waals surface area contributed by atoms with Crippen molar-refractivity contribution in [2.75, 3.05) is 13.2 Å². The molecule has 0 radical (unpaired) electrons. The summed E-state index contributed by atoms with van der Waals surface area (Å²) in [7, 11) is 0. The van der Waals surface area contributed by atoms with Gasteiger partial charge in [0.25, 0.3) is 0 Å². The minimum absolute atomic E-state index is 0.180. The molecule has 2 N–H and O–H groups in total. The summed E-state index contributed by atoms with van der Waals surface area (Å²) in [5, 5.41) is 0. The lowest BCUT2D eigenvalue weighted by Crippen LogP contribution is -2.05. The van der Waals surface area contributed by atoms with Gasteiger partial charge >= 0.3 is 0 Å². The third kappa shape index (κ3) is 5.04. The lowest BCUT2D eigenvalue weighted by Gasteiger charge is -2.08. The van der Waals surface area contributed by atoms with Crippen LogP contribution in [0.4, 0.5) is 8.78 Å². The minimum atomic E-state index is -0.652. The van der Waals surface area contributed by atoms with Crippen LogP contribution in [0.3, 0.4) is 0 Å². The molecule has 0 heterocycles. The van der Waals surface area contributed by atoms with Crippen LogP contribution in [-0.2, 0) is 6.54 Å². The molecule has 0 fully saturated rings. The topological polar surface area (TPSA) is 44.5 Å². The summed E-state index contributed by atoms with van der Waals surface area (Å²) in [6, 6.07) is 10.6. The van der Waals surface area contributed by atoms with Crippen LogP contribution in [0.5, 0.6) is 11.5 Å². The van der Waals surface area contributed by atoms with Gasteiger partial charge in [-0.2, -0.15) is 0 Å². The number of ether oxygens (including phenoxy) is 2. The van der Waals surface area contributed by atoms with Crippen LogP contribution in [0.2, 0.25) is 0 Å². The van der Waals surface area contributed by atoms with E-state index >= 15 is 0 Å². The monoisotopic (exact) mass is 293 g/mol. The highest BCUT2D eigenvalue weighted by Gasteiger charge is 2.01. The van der Waals surface area contributed by atoms with E-state index in [4.69, 9.17) is 15.2 Å². The first kappa shape index (κ1) is 15.3. The summed E-state index contributed by atoms with van der Waals surface area (Å²) in [6.07, 6.45) is 0.608. The molecule has 3 nitrogen and oxygen atoms in total. The minimum Gasteiger partial charge on any atom is -0.493 e. The molecule has 0 spiro atoms. The predicted octanol–water partition coefficient (Wildman–Crippen LogP) is 3.27. The second-order valence-electron chi connectivity index (χ2n) is 4.50. The summed E-state index contributed by atoms with van der Waals surface area (Å²) in [6.45, 7) is 1.28. The summed E-state index contributed by atoms with van der Waals surface area (Å²) < 4.78 is 36.7. The van der Waals surface area contributed by atoms with E-state index in [1.807, 2.05) is 24.3 Å². The number of hydrogen-bond acceptors (Lipinski definition) is 3. The fourth-order valence-corrected chi connectivity index (χ4v) is 1.77. The van der Waals surface area contributed by atoms with E-state index in [0.29, 0.717) is 26.2 Å². The van der Waals surface area contributed by atoms with E-state index < -0.39 is 11.6 Å². The average Bonchev–Trinajstić information content (AvgIpc) is 2.46. The van der Waals surface area contributed by atoms with Crippen molar-refractivity contribution in [3.05, 3.63) is 59.7 Å². The van der Waals surface area contributed by atoms with Crippen LogP contribution in [-0.4, -0.2) is 13.2 Å². The van der Waals surface area contributed by atoms with Crippen molar-refractivity contribution in [1.29, 1.82) is 0 Å². The molecule has 0 aliphatic rings. The molecule has 21 heavy (non-hydrogen) atoms. The van der Waals surface area contributed by atoms with E-state index in [1.54, 1.807) is 0 Å². The predicted molar refractivity (Wildman–Crippen MR) is 76.3 cm³/mol. The van der Waals surface area contributed by atoms with Crippen LogP contribution in [0.25, 0.3) is 0 Å². The Morgan fingerprint density at radius 2 is 1.38 bits per heavy atom. The molecule has 5 heteroatoms. The number of halogens is 2. The molecule has 0 saturated heterocycles. The SMILES string of the molecule is NCc1ccc(OCCCOc2cc(F)cc(F)c2)cc1. The Kier molecular flexibility index (Phi) is 5.51. The smallest absolute Gasteiger partial charge is 0.129 e. The molecule has 0 bridgehead atoms. The zero-order valence-electron chi connectivity index (χ0n) is 11.5. The molecule has 0 atom stereocenters. The van der Waals surface area contributed by atoms with E-state index in [9.17, 15) is 8.78 Å². The van der Waals surface area contributed by atoms with E-state index in [0.717, 1.165) is 29.5 Å². The maximum Gasteiger partial charge on any atom is 0.129 e. The fourth-order valence-electron chi connectivity index (χ4n) is 1.77. The fraction of sp³-hybridized carbons (Fsp3) is 0.250. The van der Waals surface area contributed by atoms with Crippen LogP contribution >= 0.6 is 0 Å². The Bertz CT molecular complexity index is 553. The highest BCUT2D eigenvalue weighted by atomic mass is 19.1. The molecular formula is C16H17F2NO2. The Labute approximate surface area is 122 Å². The largest absolute Gasteiger partial charge is 0.493 e. The van der Waals surface area contributed by atoms with Crippen LogP contribution in [0.15, 0.2) is 42.5 Å².